The van der Waals surface area contributed by atoms with Crippen molar-refractivity contribution in [3.8, 4) is 11.5 Å². The molecule has 1 aliphatic rings. The number of sulfonamides is 1. The topological polar surface area (TPSA) is 84.9 Å². The molecule has 2 aromatic carbocycles. The van der Waals surface area contributed by atoms with E-state index < -0.39 is 15.6 Å². The maximum Gasteiger partial charge on any atom is 0.241 e. The largest absolute Gasteiger partial charge is 0.497 e. The molecule has 0 aromatic heterocycles. The van der Waals surface area contributed by atoms with E-state index in [0.717, 1.165) is 21.7 Å². The van der Waals surface area contributed by atoms with Gasteiger partial charge in [-0.1, -0.05) is 18.2 Å². The van der Waals surface area contributed by atoms with E-state index in [9.17, 15) is 13.2 Å². The number of carbonyl (C=O) groups excluding carboxylic acids is 1. The number of anilines is 1. The number of fused-ring (bicyclic) bond motifs is 1. The Labute approximate surface area is 178 Å². The summed E-state index contributed by atoms with van der Waals surface area (Å²) in [5, 5.41) is 2.99. The molecule has 1 unspecified atom stereocenters. The minimum Gasteiger partial charge on any atom is -0.497 e. The summed E-state index contributed by atoms with van der Waals surface area (Å²) in [7, 11) is -2.05. The Morgan fingerprint density at radius 1 is 1.27 bits per heavy atom. The lowest BCUT2D eigenvalue weighted by Crippen LogP contribution is -2.45. The summed E-state index contributed by atoms with van der Waals surface area (Å²) in [5.41, 5.74) is 1.61. The van der Waals surface area contributed by atoms with Crippen LogP contribution in [0, 0.1) is 6.92 Å². The summed E-state index contributed by atoms with van der Waals surface area (Å²) in [5.74, 6) is 0.933. The molecule has 1 aliphatic heterocycles. The van der Waals surface area contributed by atoms with Gasteiger partial charge in [0, 0.05) is 18.1 Å². The van der Waals surface area contributed by atoms with Crippen LogP contribution >= 0.6 is 0 Å². The molecule has 0 spiro atoms. The molecule has 0 fully saturated rings. The van der Waals surface area contributed by atoms with Gasteiger partial charge in [0.15, 0.2) is 0 Å². The molecule has 3 rings (SSSR count). The summed E-state index contributed by atoms with van der Waals surface area (Å²) in [6, 6.07) is 12.3. The molecule has 0 saturated carbocycles. The number of amides is 1. The first kappa shape index (κ1) is 22.0. The highest BCUT2D eigenvalue weighted by Crippen LogP contribution is 2.41. The maximum absolute atomic E-state index is 12.9. The number of nitrogens with one attached hydrogen (secondary N) is 1. The molecule has 8 heteroatoms. The molecule has 162 valence electrons. The third-order valence-electron chi connectivity index (χ3n) is 5.09. The number of hydrogen-bond acceptors (Lipinski definition) is 5. The normalized spacial score (nSPS) is 17.4. The number of nitrogens with zero attached hydrogens (tertiary/aromatic N) is 1. The van der Waals surface area contributed by atoms with Gasteiger partial charge in [-0.25, -0.2) is 8.42 Å². The first-order valence-corrected chi connectivity index (χ1v) is 11.5. The molecule has 30 heavy (non-hydrogen) atoms. The van der Waals surface area contributed by atoms with Crippen molar-refractivity contribution in [1.82, 2.24) is 5.32 Å². The van der Waals surface area contributed by atoms with Crippen LogP contribution in [0.15, 0.2) is 42.5 Å². The summed E-state index contributed by atoms with van der Waals surface area (Å²) < 4.78 is 37.3. The van der Waals surface area contributed by atoms with Gasteiger partial charge in [0.1, 0.15) is 23.6 Å². The molecule has 0 bridgehead atoms. The lowest BCUT2D eigenvalue weighted by molar-refractivity contribution is -0.120. The van der Waals surface area contributed by atoms with Gasteiger partial charge in [-0.05, 0) is 44.5 Å². The maximum atomic E-state index is 12.9. The molecular formula is C22H28N2O5S. The predicted molar refractivity (Wildman–Crippen MR) is 117 cm³/mol. The highest BCUT2D eigenvalue weighted by Gasteiger charge is 2.35. The molecule has 1 N–H and O–H groups in total. The van der Waals surface area contributed by atoms with Crippen molar-refractivity contribution in [2.24, 2.45) is 0 Å². The van der Waals surface area contributed by atoms with E-state index in [0.29, 0.717) is 23.6 Å². The van der Waals surface area contributed by atoms with Crippen LogP contribution < -0.4 is 19.1 Å². The van der Waals surface area contributed by atoms with E-state index in [1.165, 1.54) is 0 Å². The van der Waals surface area contributed by atoms with Gasteiger partial charge in [-0.15, -0.1) is 0 Å². The fourth-order valence-electron chi connectivity index (χ4n) is 3.68. The quantitative estimate of drug-likeness (QED) is 0.758. The fraction of sp³-hybridized carbons (Fsp3) is 0.409. The molecule has 1 heterocycles. The standard InChI is InChI=1S/C22H28N2O5S/c1-15-8-6-7-9-19(15)24(30(5,26)27)14-21(25)23-18-13-22(2,3)29-20-12-16(28-4)10-11-17(18)20/h6-12,18H,13-14H2,1-5H3,(H,23,25). The Balaban J connectivity index is 1.85. The molecule has 0 aliphatic carbocycles. The Hall–Kier alpha value is -2.74. The van der Waals surface area contributed by atoms with E-state index in [1.807, 2.05) is 45.0 Å². The average Bonchev–Trinajstić information content (AvgIpc) is 2.64. The van der Waals surface area contributed by atoms with Crippen LogP contribution in [-0.4, -0.2) is 39.8 Å². The second kappa shape index (κ2) is 8.18. The van der Waals surface area contributed by atoms with E-state index in [-0.39, 0.29) is 18.5 Å². The zero-order valence-electron chi connectivity index (χ0n) is 17.9. The van der Waals surface area contributed by atoms with Gasteiger partial charge in [0.25, 0.3) is 0 Å². The van der Waals surface area contributed by atoms with Crippen LogP contribution in [0.5, 0.6) is 11.5 Å². The SMILES string of the molecule is COc1ccc2c(c1)OC(C)(C)CC2NC(=O)CN(c1ccccc1C)S(C)(=O)=O. The Morgan fingerprint density at radius 3 is 2.60 bits per heavy atom. The predicted octanol–water partition coefficient (Wildman–Crippen LogP) is 3.19. The fourth-order valence-corrected chi connectivity index (χ4v) is 4.60. The third-order valence-corrected chi connectivity index (χ3v) is 6.21. The van der Waals surface area contributed by atoms with Gasteiger partial charge >= 0.3 is 0 Å². The number of ether oxygens (including phenoxy) is 2. The van der Waals surface area contributed by atoms with Crippen LogP contribution in [0.25, 0.3) is 0 Å². The lowest BCUT2D eigenvalue weighted by Gasteiger charge is -2.38. The molecule has 2 aromatic rings. The van der Waals surface area contributed by atoms with Crippen LogP contribution in [0.1, 0.15) is 37.4 Å². The smallest absolute Gasteiger partial charge is 0.241 e. The first-order valence-electron chi connectivity index (χ1n) is 9.70. The minimum atomic E-state index is -3.64. The number of rotatable bonds is 6. The summed E-state index contributed by atoms with van der Waals surface area (Å²) >= 11 is 0. The summed E-state index contributed by atoms with van der Waals surface area (Å²) in [6.07, 6.45) is 1.66. The lowest BCUT2D eigenvalue weighted by atomic mass is 9.89. The molecule has 7 nitrogen and oxygen atoms in total. The first-order chi connectivity index (χ1) is 14.0. The summed E-state index contributed by atoms with van der Waals surface area (Å²) in [6.45, 7) is 5.42. The van der Waals surface area contributed by atoms with E-state index in [1.54, 1.807) is 25.3 Å². The van der Waals surface area contributed by atoms with E-state index in [2.05, 4.69) is 5.32 Å². The highest BCUT2D eigenvalue weighted by molar-refractivity contribution is 7.92. The highest BCUT2D eigenvalue weighted by atomic mass is 32.2. The van der Waals surface area contributed by atoms with Crippen molar-refractivity contribution in [1.29, 1.82) is 0 Å². The Morgan fingerprint density at radius 2 is 1.97 bits per heavy atom. The molecular weight excluding hydrogens is 404 g/mol. The number of para-hydroxylation sites is 1. The van der Waals surface area contributed by atoms with Crippen LogP contribution in [0.3, 0.4) is 0 Å². The summed E-state index contributed by atoms with van der Waals surface area (Å²) in [4.78, 5) is 12.9. The zero-order valence-corrected chi connectivity index (χ0v) is 18.7. The van der Waals surface area contributed by atoms with Gasteiger partial charge in [0.05, 0.1) is 25.1 Å². The average molecular weight is 433 g/mol. The van der Waals surface area contributed by atoms with Crippen molar-refractivity contribution < 1.29 is 22.7 Å². The second-order valence-corrected chi connectivity index (χ2v) is 10.1. The molecule has 1 amide bonds. The number of carbonyl (C=O) groups is 1. The van der Waals surface area contributed by atoms with Gasteiger partial charge in [-0.2, -0.15) is 0 Å². The second-order valence-electron chi connectivity index (χ2n) is 8.15. The van der Waals surface area contributed by atoms with Crippen LogP contribution in [0.4, 0.5) is 5.69 Å². The monoisotopic (exact) mass is 432 g/mol. The van der Waals surface area contributed by atoms with Gasteiger partial charge in [-0.3, -0.25) is 9.10 Å². The third kappa shape index (κ3) is 4.87. The zero-order chi connectivity index (χ0) is 22.1. The Kier molecular flexibility index (Phi) is 5.99. The number of hydrogen-bond donors (Lipinski definition) is 1. The van der Waals surface area contributed by atoms with Crippen molar-refractivity contribution in [2.75, 3.05) is 24.2 Å². The van der Waals surface area contributed by atoms with E-state index >= 15 is 0 Å². The van der Waals surface area contributed by atoms with Crippen molar-refractivity contribution in [3.63, 3.8) is 0 Å². The van der Waals surface area contributed by atoms with Crippen molar-refractivity contribution >= 4 is 21.6 Å². The minimum absolute atomic E-state index is 0.299. The van der Waals surface area contributed by atoms with Crippen LogP contribution in [-0.2, 0) is 14.8 Å². The number of benzene rings is 2. The molecule has 1 atom stereocenters. The van der Waals surface area contributed by atoms with Crippen molar-refractivity contribution in [3.05, 3.63) is 53.6 Å². The number of aryl methyl sites for hydroxylation is 1. The number of methoxy groups -OCH3 is 1. The molecule has 0 radical (unpaired) electrons. The van der Waals surface area contributed by atoms with Gasteiger partial charge < -0.3 is 14.8 Å². The molecule has 0 saturated heterocycles. The van der Waals surface area contributed by atoms with Crippen molar-refractivity contribution in [2.45, 2.75) is 38.8 Å². The Bertz CT molecular complexity index is 1050. The van der Waals surface area contributed by atoms with Crippen LogP contribution in [0.2, 0.25) is 0 Å². The van der Waals surface area contributed by atoms with Gasteiger partial charge in [0.2, 0.25) is 15.9 Å². The van der Waals surface area contributed by atoms with E-state index in [4.69, 9.17) is 9.47 Å².